The Morgan fingerprint density at radius 2 is 1.39 bits per heavy atom. The molecule has 5 heteroatoms. The molecule has 0 aliphatic heterocycles. The van der Waals surface area contributed by atoms with Crippen molar-refractivity contribution in [1.82, 2.24) is 0 Å². The largest absolute Gasteiger partial charge is 0.396 e. The number of benzene rings is 1. The molecule has 0 aliphatic carbocycles. The summed E-state index contributed by atoms with van der Waals surface area (Å²) in [5, 5.41) is 9.54. The summed E-state index contributed by atoms with van der Waals surface area (Å²) < 4.78 is 29.3. The van der Waals surface area contributed by atoms with E-state index >= 15 is 0 Å². The van der Waals surface area contributed by atoms with Crippen LogP contribution in [0.25, 0.3) is 0 Å². The van der Waals surface area contributed by atoms with Crippen LogP contribution in [0, 0.1) is 12.8 Å². The van der Waals surface area contributed by atoms with Crippen LogP contribution in [0.15, 0.2) is 29.2 Å². The molecular weight excluding hydrogens is 372 g/mol. The Labute approximate surface area is 172 Å². The molecule has 0 radical (unpaired) electrons. The van der Waals surface area contributed by atoms with E-state index in [4.69, 9.17) is 4.18 Å². The predicted molar refractivity (Wildman–Crippen MR) is 116 cm³/mol. The normalized spacial score (nSPS) is 13.0. The Balaban J connectivity index is 2.07. The maximum atomic E-state index is 12.1. The molecule has 1 atom stereocenters. The standard InChI is InChI=1S/C23H40O4S/c1-3-4-5-6-7-10-13-22(20-24)14-11-8-9-12-19-27-28(25,26)23-17-15-21(2)16-18-23/h15-18,22,24H,3-14,19-20H2,1-2H3. The number of aliphatic hydroxyl groups is 1. The van der Waals surface area contributed by atoms with Gasteiger partial charge in [0.2, 0.25) is 0 Å². The molecule has 0 heterocycles. The summed E-state index contributed by atoms with van der Waals surface area (Å²) in [5.74, 6) is 0.421. The van der Waals surface area contributed by atoms with Crippen LogP contribution < -0.4 is 0 Å². The molecule has 0 aromatic heterocycles. The van der Waals surface area contributed by atoms with Gasteiger partial charge >= 0.3 is 0 Å². The van der Waals surface area contributed by atoms with Crippen LogP contribution in [-0.2, 0) is 14.3 Å². The fraction of sp³-hybridized carbons (Fsp3) is 0.739. The number of rotatable bonds is 17. The summed E-state index contributed by atoms with van der Waals surface area (Å²) in [6.07, 6.45) is 13.8. The van der Waals surface area contributed by atoms with Crippen molar-refractivity contribution >= 4 is 10.1 Å². The van der Waals surface area contributed by atoms with Crippen LogP contribution in [0.1, 0.15) is 89.5 Å². The summed E-state index contributed by atoms with van der Waals surface area (Å²) >= 11 is 0. The molecule has 1 aromatic carbocycles. The van der Waals surface area contributed by atoms with E-state index in [1.54, 1.807) is 24.3 Å². The number of unbranched alkanes of at least 4 members (excludes halogenated alkanes) is 8. The Morgan fingerprint density at radius 3 is 1.96 bits per heavy atom. The minimum Gasteiger partial charge on any atom is -0.396 e. The molecule has 0 fully saturated rings. The lowest BCUT2D eigenvalue weighted by atomic mass is 9.95. The first kappa shape index (κ1) is 25.1. The third kappa shape index (κ3) is 11.2. The van der Waals surface area contributed by atoms with Gasteiger partial charge in [0, 0.05) is 6.61 Å². The molecule has 162 valence electrons. The Morgan fingerprint density at radius 1 is 0.857 bits per heavy atom. The highest BCUT2D eigenvalue weighted by molar-refractivity contribution is 7.86. The van der Waals surface area contributed by atoms with E-state index in [2.05, 4.69) is 6.92 Å². The van der Waals surface area contributed by atoms with Gasteiger partial charge < -0.3 is 5.11 Å². The summed E-state index contributed by atoms with van der Waals surface area (Å²) in [7, 11) is -3.64. The minimum absolute atomic E-state index is 0.221. The van der Waals surface area contributed by atoms with E-state index in [1.807, 2.05) is 6.92 Å². The van der Waals surface area contributed by atoms with Gasteiger partial charge in [0.25, 0.3) is 10.1 Å². The van der Waals surface area contributed by atoms with Gasteiger partial charge in [-0.25, -0.2) is 0 Å². The molecule has 0 saturated heterocycles. The molecule has 0 spiro atoms. The second-order valence-corrected chi connectivity index (χ2v) is 9.51. The Hall–Kier alpha value is -0.910. The number of hydrogen-bond donors (Lipinski definition) is 1. The van der Waals surface area contributed by atoms with Gasteiger partial charge in [-0.1, -0.05) is 82.4 Å². The molecule has 28 heavy (non-hydrogen) atoms. The first-order valence-corrected chi connectivity index (χ1v) is 12.5. The summed E-state index contributed by atoms with van der Waals surface area (Å²) in [5.41, 5.74) is 1.02. The molecule has 1 rings (SSSR count). The van der Waals surface area contributed by atoms with Crippen molar-refractivity contribution in [3.05, 3.63) is 29.8 Å². The van der Waals surface area contributed by atoms with Crippen LogP contribution in [0.2, 0.25) is 0 Å². The maximum Gasteiger partial charge on any atom is 0.296 e. The molecule has 4 nitrogen and oxygen atoms in total. The van der Waals surface area contributed by atoms with Crippen LogP contribution in [-0.4, -0.2) is 26.7 Å². The second kappa shape index (κ2) is 15.0. The molecule has 0 saturated carbocycles. The molecule has 0 aliphatic rings. The van der Waals surface area contributed by atoms with E-state index in [-0.39, 0.29) is 18.1 Å². The summed E-state index contributed by atoms with van der Waals surface area (Å²) in [4.78, 5) is 0.221. The number of aliphatic hydroxyl groups excluding tert-OH is 1. The van der Waals surface area contributed by atoms with Crippen LogP contribution in [0.3, 0.4) is 0 Å². The summed E-state index contributed by atoms with van der Waals surface area (Å²) in [6.45, 7) is 4.67. The monoisotopic (exact) mass is 412 g/mol. The smallest absolute Gasteiger partial charge is 0.296 e. The lowest BCUT2D eigenvalue weighted by molar-refractivity contribution is 0.203. The van der Waals surface area contributed by atoms with Crippen molar-refractivity contribution in [2.45, 2.75) is 95.8 Å². The number of aryl methyl sites for hydroxylation is 1. The third-order valence-electron chi connectivity index (χ3n) is 5.28. The molecule has 1 aromatic rings. The second-order valence-electron chi connectivity index (χ2n) is 7.90. The van der Waals surface area contributed by atoms with E-state index < -0.39 is 10.1 Å². The highest BCUT2D eigenvalue weighted by atomic mass is 32.2. The quantitative estimate of drug-likeness (QED) is 0.251. The highest BCUT2D eigenvalue weighted by Crippen LogP contribution is 2.19. The average molecular weight is 413 g/mol. The zero-order chi connectivity index (χ0) is 20.7. The average Bonchev–Trinajstić information content (AvgIpc) is 2.68. The lowest BCUT2D eigenvalue weighted by Gasteiger charge is -2.13. The van der Waals surface area contributed by atoms with Crippen LogP contribution in [0.5, 0.6) is 0 Å². The number of hydrogen-bond acceptors (Lipinski definition) is 4. The Bertz CT molecular complexity index is 596. The lowest BCUT2D eigenvalue weighted by Crippen LogP contribution is -2.08. The SMILES string of the molecule is CCCCCCCCC(CO)CCCCCCOS(=O)(=O)c1ccc(C)cc1. The van der Waals surface area contributed by atoms with E-state index in [1.165, 1.54) is 38.5 Å². The van der Waals surface area contributed by atoms with Gasteiger partial charge in [-0.15, -0.1) is 0 Å². The molecule has 1 N–H and O–H groups in total. The van der Waals surface area contributed by atoms with Crippen LogP contribution >= 0.6 is 0 Å². The van der Waals surface area contributed by atoms with Gasteiger partial charge in [0.1, 0.15) is 0 Å². The van der Waals surface area contributed by atoms with Gasteiger partial charge in [-0.05, 0) is 44.2 Å². The first-order chi connectivity index (χ1) is 13.5. The first-order valence-electron chi connectivity index (χ1n) is 11.1. The van der Waals surface area contributed by atoms with Crippen LogP contribution in [0.4, 0.5) is 0 Å². The molecule has 0 bridgehead atoms. The molecule has 1 unspecified atom stereocenters. The predicted octanol–water partition coefficient (Wildman–Crippen LogP) is 6.01. The highest BCUT2D eigenvalue weighted by Gasteiger charge is 2.14. The van der Waals surface area contributed by atoms with Crippen molar-refractivity contribution in [3.8, 4) is 0 Å². The minimum atomic E-state index is -3.64. The van der Waals surface area contributed by atoms with Gasteiger partial charge in [0.15, 0.2) is 0 Å². The fourth-order valence-electron chi connectivity index (χ4n) is 3.37. The van der Waals surface area contributed by atoms with Crippen molar-refractivity contribution < 1.29 is 17.7 Å². The van der Waals surface area contributed by atoms with E-state index in [9.17, 15) is 13.5 Å². The van der Waals surface area contributed by atoms with E-state index in [0.29, 0.717) is 5.92 Å². The van der Waals surface area contributed by atoms with Gasteiger partial charge in [0.05, 0.1) is 11.5 Å². The van der Waals surface area contributed by atoms with Crippen molar-refractivity contribution in [2.75, 3.05) is 13.2 Å². The zero-order valence-electron chi connectivity index (χ0n) is 17.9. The Kier molecular flexibility index (Phi) is 13.5. The van der Waals surface area contributed by atoms with Gasteiger partial charge in [-0.3, -0.25) is 4.18 Å². The maximum absolute atomic E-state index is 12.1. The van der Waals surface area contributed by atoms with Crippen molar-refractivity contribution in [1.29, 1.82) is 0 Å². The van der Waals surface area contributed by atoms with Gasteiger partial charge in [-0.2, -0.15) is 8.42 Å². The van der Waals surface area contributed by atoms with E-state index in [0.717, 1.165) is 44.1 Å². The summed E-state index contributed by atoms with van der Waals surface area (Å²) in [6, 6.07) is 6.73. The fourth-order valence-corrected chi connectivity index (χ4v) is 4.31. The van der Waals surface area contributed by atoms with Crippen molar-refractivity contribution in [3.63, 3.8) is 0 Å². The topological polar surface area (TPSA) is 63.6 Å². The molecular formula is C23H40O4S. The zero-order valence-corrected chi connectivity index (χ0v) is 18.7. The molecule has 0 amide bonds. The van der Waals surface area contributed by atoms with Crippen molar-refractivity contribution in [2.24, 2.45) is 5.92 Å². The third-order valence-corrected chi connectivity index (χ3v) is 6.61.